The van der Waals surface area contributed by atoms with Gasteiger partial charge in [0.2, 0.25) is 0 Å². The number of pyridine rings is 1. The van der Waals surface area contributed by atoms with Crippen molar-refractivity contribution in [2.45, 2.75) is 13.8 Å². The van der Waals surface area contributed by atoms with Crippen LogP contribution in [0.4, 0.5) is 0 Å². The monoisotopic (exact) mass is 303 g/mol. The second kappa shape index (κ2) is 6.44. The topological polar surface area (TPSA) is 39.2 Å². The van der Waals surface area contributed by atoms with Crippen LogP contribution in [0.5, 0.6) is 5.75 Å². The summed E-state index contributed by atoms with van der Waals surface area (Å²) in [4.78, 5) is 16.9. The van der Waals surface area contributed by atoms with Crippen LogP contribution in [0.3, 0.4) is 0 Å². The fourth-order valence-electron chi connectivity index (χ4n) is 2.52. The van der Waals surface area contributed by atoms with Gasteiger partial charge in [0.15, 0.2) is 0 Å². The molecule has 114 valence electrons. The zero-order chi connectivity index (χ0) is 16.2. The highest BCUT2D eigenvalue weighted by atomic mass is 16.5. The molecule has 3 heteroatoms. The highest BCUT2D eigenvalue weighted by Crippen LogP contribution is 2.32. The molecule has 0 radical (unpaired) electrons. The van der Waals surface area contributed by atoms with Crippen LogP contribution in [0.1, 0.15) is 21.5 Å². The Hall–Kier alpha value is -2.94. The van der Waals surface area contributed by atoms with E-state index in [1.165, 1.54) is 0 Å². The number of esters is 1. The number of rotatable bonds is 3. The molecule has 0 atom stereocenters. The number of hydrogen-bond donors (Lipinski definition) is 0. The summed E-state index contributed by atoms with van der Waals surface area (Å²) in [5.41, 5.74) is 4.11. The van der Waals surface area contributed by atoms with Crippen molar-refractivity contribution >= 4 is 5.97 Å². The van der Waals surface area contributed by atoms with E-state index in [-0.39, 0.29) is 5.97 Å². The highest BCUT2D eigenvalue weighted by Gasteiger charge is 2.16. The molecule has 0 aliphatic heterocycles. The third-order valence-electron chi connectivity index (χ3n) is 3.72. The smallest absolute Gasteiger partial charge is 0.343 e. The molecule has 0 aliphatic carbocycles. The summed E-state index contributed by atoms with van der Waals surface area (Å²) in [6, 6.07) is 18.7. The predicted molar refractivity (Wildman–Crippen MR) is 90.5 cm³/mol. The number of benzene rings is 2. The first kappa shape index (κ1) is 15.0. The van der Waals surface area contributed by atoms with Crippen LogP contribution in [0.2, 0.25) is 0 Å². The van der Waals surface area contributed by atoms with E-state index in [0.717, 1.165) is 22.4 Å². The molecule has 3 aromatic rings. The van der Waals surface area contributed by atoms with Gasteiger partial charge in [0, 0.05) is 11.8 Å². The molecular weight excluding hydrogens is 286 g/mol. The first-order chi connectivity index (χ1) is 11.2. The van der Waals surface area contributed by atoms with Crippen LogP contribution in [0.15, 0.2) is 66.9 Å². The summed E-state index contributed by atoms with van der Waals surface area (Å²) in [5, 5.41) is 0. The van der Waals surface area contributed by atoms with Gasteiger partial charge in [-0.3, -0.25) is 4.98 Å². The summed E-state index contributed by atoms with van der Waals surface area (Å²) >= 11 is 0. The molecule has 0 bridgehead atoms. The Bertz CT molecular complexity index is 841. The lowest BCUT2D eigenvalue weighted by Gasteiger charge is -2.13. The van der Waals surface area contributed by atoms with Crippen LogP contribution in [-0.4, -0.2) is 11.0 Å². The summed E-state index contributed by atoms with van der Waals surface area (Å²) in [6.07, 6.45) is 1.73. The number of hydrogen-bond acceptors (Lipinski definition) is 3. The molecule has 0 saturated carbocycles. The summed E-state index contributed by atoms with van der Waals surface area (Å²) in [6.45, 7) is 3.88. The van der Waals surface area contributed by atoms with Crippen molar-refractivity contribution in [3.8, 4) is 17.0 Å². The molecule has 1 heterocycles. The van der Waals surface area contributed by atoms with Crippen LogP contribution in [0.25, 0.3) is 11.3 Å². The summed E-state index contributed by atoms with van der Waals surface area (Å²) in [5.74, 6) is 0.169. The number of nitrogens with zero attached hydrogens (tertiary/aromatic N) is 1. The molecule has 1 aromatic heterocycles. The molecule has 0 unspecified atom stereocenters. The normalized spacial score (nSPS) is 10.3. The van der Waals surface area contributed by atoms with E-state index in [2.05, 4.69) is 4.98 Å². The Balaban J connectivity index is 2.00. The molecule has 0 spiro atoms. The molecule has 0 fully saturated rings. The zero-order valence-electron chi connectivity index (χ0n) is 13.1. The van der Waals surface area contributed by atoms with Crippen molar-refractivity contribution in [2.75, 3.05) is 0 Å². The minimum atomic E-state index is -0.356. The minimum absolute atomic E-state index is 0.356. The summed E-state index contributed by atoms with van der Waals surface area (Å²) < 4.78 is 5.67. The molecule has 23 heavy (non-hydrogen) atoms. The van der Waals surface area contributed by atoms with Gasteiger partial charge < -0.3 is 4.74 Å². The third-order valence-corrected chi connectivity index (χ3v) is 3.72. The van der Waals surface area contributed by atoms with Gasteiger partial charge in [-0.2, -0.15) is 0 Å². The molecular formula is C20H17NO2. The van der Waals surface area contributed by atoms with Crippen LogP contribution in [-0.2, 0) is 0 Å². The number of carbonyl (C=O) groups excluding carboxylic acids is 1. The van der Waals surface area contributed by atoms with Crippen molar-refractivity contribution < 1.29 is 9.53 Å². The number of aromatic nitrogens is 1. The van der Waals surface area contributed by atoms with Gasteiger partial charge in [-0.1, -0.05) is 36.4 Å². The van der Waals surface area contributed by atoms with Gasteiger partial charge in [-0.05, 0) is 49.2 Å². The zero-order valence-corrected chi connectivity index (χ0v) is 13.1. The lowest BCUT2D eigenvalue weighted by molar-refractivity contribution is 0.0735. The number of aryl methyl sites for hydroxylation is 2. The van der Waals surface area contributed by atoms with E-state index in [1.807, 2.05) is 62.4 Å². The van der Waals surface area contributed by atoms with Crippen molar-refractivity contribution in [1.82, 2.24) is 4.98 Å². The molecule has 0 N–H and O–H groups in total. The molecule has 3 nitrogen and oxygen atoms in total. The van der Waals surface area contributed by atoms with Crippen molar-refractivity contribution in [3.63, 3.8) is 0 Å². The van der Waals surface area contributed by atoms with Gasteiger partial charge >= 0.3 is 5.97 Å². The Morgan fingerprint density at radius 2 is 1.61 bits per heavy atom. The molecule has 3 rings (SSSR count). The van der Waals surface area contributed by atoms with Crippen molar-refractivity contribution in [1.29, 1.82) is 0 Å². The number of carbonyl (C=O) groups is 1. The van der Waals surface area contributed by atoms with Crippen molar-refractivity contribution in [2.24, 2.45) is 0 Å². The molecule has 0 saturated heterocycles. The van der Waals surface area contributed by atoms with Crippen LogP contribution < -0.4 is 4.74 Å². The third kappa shape index (κ3) is 3.14. The molecule has 0 amide bonds. The first-order valence-corrected chi connectivity index (χ1v) is 7.45. The summed E-state index contributed by atoms with van der Waals surface area (Å²) in [7, 11) is 0. The highest BCUT2D eigenvalue weighted by molar-refractivity contribution is 5.93. The lowest BCUT2D eigenvalue weighted by atomic mass is 10.0. The van der Waals surface area contributed by atoms with E-state index in [9.17, 15) is 4.79 Å². The quantitative estimate of drug-likeness (QED) is 0.525. The Morgan fingerprint density at radius 3 is 2.35 bits per heavy atom. The largest absolute Gasteiger partial charge is 0.422 e. The average molecular weight is 303 g/mol. The van der Waals surface area contributed by atoms with E-state index in [1.54, 1.807) is 18.3 Å². The standard InChI is InChI=1S/C20H17NO2/c1-14-8-3-4-10-16(14)20(22)23-18-12-7-9-15(2)19(18)17-11-5-6-13-21-17/h3-13H,1-2H3. The van der Waals surface area contributed by atoms with Gasteiger partial charge in [0.25, 0.3) is 0 Å². The molecule has 2 aromatic carbocycles. The van der Waals surface area contributed by atoms with Gasteiger partial charge in [0.1, 0.15) is 5.75 Å². The molecule has 0 aliphatic rings. The second-order valence-electron chi connectivity index (χ2n) is 5.37. The predicted octanol–water partition coefficient (Wildman–Crippen LogP) is 4.58. The van der Waals surface area contributed by atoms with E-state index < -0.39 is 0 Å². The van der Waals surface area contributed by atoms with Gasteiger partial charge in [-0.25, -0.2) is 4.79 Å². The maximum absolute atomic E-state index is 12.5. The maximum Gasteiger partial charge on any atom is 0.343 e. The lowest BCUT2D eigenvalue weighted by Crippen LogP contribution is -2.11. The van der Waals surface area contributed by atoms with Crippen LogP contribution in [0, 0.1) is 13.8 Å². The van der Waals surface area contributed by atoms with Crippen molar-refractivity contribution in [3.05, 3.63) is 83.6 Å². The van der Waals surface area contributed by atoms with Gasteiger partial charge in [-0.15, -0.1) is 0 Å². The van der Waals surface area contributed by atoms with Gasteiger partial charge in [0.05, 0.1) is 11.3 Å². The Kier molecular flexibility index (Phi) is 4.20. The average Bonchev–Trinajstić information content (AvgIpc) is 2.56. The first-order valence-electron chi connectivity index (χ1n) is 7.45. The maximum atomic E-state index is 12.5. The van der Waals surface area contributed by atoms with E-state index in [4.69, 9.17) is 4.74 Å². The van der Waals surface area contributed by atoms with E-state index >= 15 is 0 Å². The SMILES string of the molecule is Cc1ccccc1C(=O)Oc1cccc(C)c1-c1ccccn1. The Morgan fingerprint density at radius 1 is 0.870 bits per heavy atom. The second-order valence-corrected chi connectivity index (χ2v) is 5.37. The van der Waals surface area contributed by atoms with E-state index in [0.29, 0.717) is 11.3 Å². The van der Waals surface area contributed by atoms with Crippen LogP contribution >= 0.6 is 0 Å². The fourth-order valence-corrected chi connectivity index (χ4v) is 2.52. The Labute approximate surface area is 135 Å². The number of ether oxygens (including phenoxy) is 1. The fraction of sp³-hybridized carbons (Fsp3) is 0.100. The minimum Gasteiger partial charge on any atom is -0.422 e.